The number of ether oxygens (including phenoxy) is 2. The predicted octanol–water partition coefficient (Wildman–Crippen LogP) is 9.12. The summed E-state index contributed by atoms with van der Waals surface area (Å²) in [7, 11) is 0. The van der Waals surface area contributed by atoms with Gasteiger partial charge in [-0.25, -0.2) is 4.98 Å². The molecule has 3 aromatic carbocycles. The third-order valence-corrected chi connectivity index (χ3v) is 7.77. The zero-order chi connectivity index (χ0) is 29.0. The van der Waals surface area contributed by atoms with Crippen molar-refractivity contribution in [1.82, 2.24) is 4.98 Å². The maximum Gasteiger partial charge on any atom is 0.311 e. The summed E-state index contributed by atoms with van der Waals surface area (Å²) < 4.78 is 12.4. The fraction of sp³-hybridized carbons (Fsp3) is 0.394. The van der Waals surface area contributed by atoms with Crippen LogP contribution in [0.2, 0.25) is 0 Å². The summed E-state index contributed by atoms with van der Waals surface area (Å²) in [6.45, 7) is 11.6. The van der Waals surface area contributed by atoms with Crippen LogP contribution in [0.3, 0.4) is 0 Å². The van der Waals surface area contributed by atoms with Gasteiger partial charge in [-0.05, 0) is 53.8 Å². The van der Waals surface area contributed by atoms with Crippen molar-refractivity contribution in [2.24, 2.45) is 22.1 Å². The second-order valence-electron chi connectivity index (χ2n) is 10.6. The summed E-state index contributed by atoms with van der Waals surface area (Å²) in [6, 6.07) is 23.9. The predicted molar refractivity (Wildman–Crippen MR) is 168 cm³/mol. The minimum absolute atomic E-state index is 0.231. The van der Waals surface area contributed by atoms with E-state index in [-0.39, 0.29) is 11.9 Å². The summed E-state index contributed by atoms with van der Waals surface area (Å²) >= 11 is 1.42. The Morgan fingerprint density at radius 3 is 2.44 bits per heavy atom. The molecule has 0 atom stereocenters. The van der Waals surface area contributed by atoms with Crippen molar-refractivity contribution in [2.75, 3.05) is 24.6 Å². The Bertz CT molecular complexity index is 1400. The second kappa shape index (κ2) is 15.4. The van der Waals surface area contributed by atoms with Gasteiger partial charge in [0.25, 0.3) is 0 Å². The fourth-order valence-corrected chi connectivity index (χ4v) is 5.28. The van der Waals surface area contributed by atoms with Gasteiger partial charge in [0.05, 0.1) is 29.1 Å². The number of benzene rings is 3. The molecule has 7 nitrogen and oxygen atoms in total. The van der Waals surface area contributed by atoms with Crippen LogP contribution < -0.4 is 9.64 Å². The summed E-state index contributed by atoms with van der Waals surface area (Å²) in [5.74, 6) is 1.17. The highest BCUT2D eigenvalue weighted by molar-refractivity contribution is 7.21. The fourth-order valence-electron chi connectivity index (χ4n) is 4.46. The Hall–Kier alpha value is -3.62. The average molecular weight is 573 g/mol. The van der Waals surface area contributed by atoms with Gasteiger partial charge in [-0.15, -0.1) is 10.2 Å². The lowest BCUT2D eigenvalue weighted by Crippen LogP contribution is -2.32. The molecule has 0 amide bonds. The third kappa shape index (κ3) is 9.47. The van der Waals surface area contributed by atoms with Crippen LogP contribution in [0.25, 0.3) is 10.2 Å². The largest absolute Gasteiger partial charge is 0.426 e. The lowest BCUT2D eigenvalue weighted by atomic mass is 10.0. The number of rotatable bonds is 15. The van der Waals surface area contributed by atoms with Gasteiger partial charge in [-0.3, -0.25) is 4.79 Å². The molecule has 0 aliphatic carbocycles. The van der Waals surface area contributed by atoms with E-state index in [9.17, 15) is 4.79 Å². The first kappa shape index (κ1) is 30.3. The molecule has 4 rings (SSSR count). The number of thiazole rings is 1. The van der Waals surface area contributed by atoms with Crippen LogP contribution in [-0.4, -0.2) is 30.6 Å². The standard InChI is InChI=1S/C33H40N4O3S/c1-5-25(6-2)22-37(18-19-39-23-26-10-8-7-9-11-26)28-14-12-27(13-15-28)35-36-33-34-30-17-16-29(21-31(30)41-33)40-32(38)20-24(3)4/h7-17,21,24-25H,5-6,18-20,22-23H2,1-4H3/b36-35+. The number of anilines is 1. The highest BCUT2D eigenvalue weighted by Gasteiger charge is 2.13. The molecule has 216 valence electrons. The molecule has 0 fully saturated rings. The average Bonchev–Trinajstić information content (AvgIpc) is 3.38. The highest BCUT2D eigenvalue weighted by atomic mass is 32.1. The van der Waals surface area contributed by atoms with Crippen LogP contribution in [0, 0.1) is 11.8 Å². The maximum atomic E-state index is 12.0. The van der Waals surface area contributed by atoms with Crippen LogP contribution in [0.4, 0.5) is 16.5 Å². The molecule has 4 aromatic rings. The zero-order valence-corrected chi connectivity index (χ0v) is 25.3. The first-order valence-electron chi connectivity index (χ1n) is 14.4. The maximum absolute atomic E-state index is 12.0. The van der Waals surface area contributed by atoms with Gasteiger partial charge in [0.15, 0.2) is 0 Å². The van der Waals surface area contributed by atoms with Gasteiger partial charge >= 0.3 is 5.97 Å². The smallest absolute Gasteiger partial charge is 0.311 e. The molecule has 0 bridgehead atoms. The Morgan fingerprint density at radius 2 is 1.73 bits per heavy atom. The molecular weight excluding hydrogens is 532 g/mol. The Morgan fingerprint density at radius 1 is 0.976 bits per heavy atom. The van der Waals surface area contributed by atoms with Crippen LogP contribution in [0.1, 0.15) is 52.5 Å². The van der Waals surface area contributed by atoms with Crippen molar-refractivity contribution >= 4 is 44.0 Å². The van der Waals surface area contributed by atoms with Crippen molar-refractivity contribution in [3.8, 4) is 5.75 Å². The van der Waals surface area contributed by atoms with E-state index in [4.69, 9.17) is 9.47 Å². The first-order chi connectivity index (χ1) is 19.9. The molecule has 0 radical (unpaired) electrons. The number of carbonyl (C=O) groups is 1. The molecule has 0 saturated carbocycles. The van der Waals surface area contributed by atoms with E-state index in [1.807, 2.05) is 56.3 Å². The number of fused-ring (bicyclic) bond motifs is 1. The number of aromatic nitrogens is 1. The first-order valence-corrected chi connectivity index (χ1v) is 15.2. The number of azo groups is 1. The highest BCUT2D eigenvalue weighted by Crippen LogP contribution is 2.32. The number of hydrogen-bond acceptors (Lipinski definition) is 8. The van der Waals surface area contributed by atoms with Crippen LogP contribution in [0.5, 0.6) is 5.75 Å². The van der Waals surface area contributed by atoms with Crippen LogP contribution >= 0.6 is 11.3 Å². The van der Waals surface area contributed by atoms with Crippen molar-refractivity contribution in [3.63, 3.8) is 0 Å². The molecule has 0 spiro atoms. The Kier molecular flexibility index (Phi) is 11.4. The number of nitrogens with zero attached hydrogens (tertiary/aromatic N) is 4. The van der Waals surface area contributed by atoms with Gasteiger partial charge in [-0.2, -0.15) is 0 Å². The van der Waals surface area contributed by atoms with E-state index in [1.165, 1.54) is 16.9 Å². The van der Waals surface area contributed by atoms with E-state index in [2.05, 4.69) is 58.2 Å². The molecule has 1 aromatic heterocycles. The normalized spacial score (nSPS) is 11.7. The van der Waals surface area contributed by atoms with E-state index < -0.39 is 0 Å². The summed E-state index contributed by atoms with van der Waals surface area (Å²) in [6.07, 6.45) is 2.68. The monoisotopic (exact) mass is 572 g/mol. The molecular formula is C33H40N4O3S. The molecule has 0 aliphatic heterocycles. The van der Waals surface area contributed by atoms with Crippen molar-refractivity contribution < 1.29 is 14.3 Å². The number of esters is 1. The second-order valence-corrected chi connectivity index (χ2v) is 11.6. The molecule has 8 heteroatoms. The van der Waals surface area contributed by atoms with Crippen molar-refractivity contribution in [3.05, 3.63) is 78.4 Å². The molecule has 41 heavy (non-hydrogen) atoms. The van der Waals surface area contributed by atoms with Gasteiger partial charge in [0.2, 0.25) is 5.13 Å². The van der Waals surface area contributed by atoms with E-state index in [0.29, 0.717) is 36.4 Å². The van der Waals surface area contributed by atoms with Crippen LogP contribution in [0.15, 0.2) is 83.0 Å². The summed E-state index contributed by atoms with van der Waals surface area (Å²) in [5.41, 5.74) is 3.90. The van der Waals surface area contributed by atoms with Gasteiger partial charge in [0.1, 0.15) is 5.75 Å². The molecule has 1 heterocycles. The lowest BCUT2D eigenvalue weighted by molar-refractivity contribution is -0.135. The third-order valence-electron chi connectivity index (χ3n) is 6.87. The minimum atomic E-state index is -0.231. The SMILES string of the molecule is CCC(CC)CN(CCOCc1ccccc1)c1ccc(/N=N/c2nc3ccc(OC(=O)CC(C)C)cc3s2)cc1. The lowest BCUT2D eigenvalue weighted by Gasteiger charge is -2.28. The zero-order valence-electron chi connectivity index (χ0n) is 24.5. The molecule has 0 unspecified atom stereocenters. The Labute approximate surface area is 247 Å². The van der Waals surface area contributed by atoms with E-state index in [1.54, 1.807) is 6.07 Å². The van der Waals surface area contributed by atoms with E-state index >= 15 is 0 Å². The van der Waals surface area contributed by atoms with Gasteiger partial charge in [0, 0.05) is 31.3 Å². The Balaban J connectivity index is 1.38. The van der Waals surface area contributed by atoms with Crippen molar-refractivity contribution in [1.29, 1.82) is 0 Å². The molecule has 0 aliphatic rings. The minimum Gasteiger partial charge on any atom is -0.426 e. The van der Waals surface area contributed by atoms with E-state index in [0.717, 1.165) is 47.5 Å². The van der Waals surface area contributed by atoms with Crippen LogP contribution in [-0.2, 0) is 16.1 Å². The van der Waals surface area contributed by atoms with Gasteiger partial charge < -0.3 is 14.4 Å². The quantitative estimate of drug-likeness (QED) is 0.0614. The molecule has 0 saturated heterocycles. The summed E-state index contributed by atoms with van der Waals surface area (Å²) in [5, 5.41) is 9.35. The molecule has 0 N–H and O–H groups in total. The topological polar surface area (TPSA) is 76.4 Å². The van der Waals surface area contributed by atoms with Crippen molar-refractivity contribution in [2.45, 2.75) is 53.6 Å². The summed E-state index contributed by atoms with van der Waals surface area (Å²) in [4.78, 5) is 19.0. The number of carbonyl (C=O) groups excluding carboxylic acids is 1. The van der Waals surface area contributed by atoms with Gasteiger partial charge in [-0.1, -0.05) is 82.2 Å². The number of hydrogen-bond donors (Lipinski definition) is 0.